The molecule has 3 aromatic rings. The van der Waals surface area contributed by atoms with E-state index >= 15 is 0 Å². The van der Waals surface area contributed by atoms with Crippen LogP contribution in [-0.4, -0.2) is 26.9 Å². The highest BCUT2D eigenvalue weighted by Gasteiger charge is 2.49. The highest BCUT2D eigenvalue weighted by molar-refractivity contribution is 7.15. The summed E-state index contributed by atoms with van der Waals surface area (Å²) in [5.74, 6) is 0. The maximum absolute atomic E-state index is 5.00. The molecule has 1 aliphatic carbocycles. The Hall–Kier alpha value is -1.65. The molecule has 3 heterocycles. The van der Waals surface area contributed by atoms with Gasteiger partial charge in [0.2, 0.25) is 0 Å². The number of aryl methyl sites for hydroxylation is 1. The van der Waals surface area contributed by atoms with Gasteiger partial charge in [-0.1, -0.05) is 50.6 Å². The monoisotopic (exact) mass is 379 g/mol. The molecule has 2 unspecified atom stereocenters. The van der Waals surface area contributed by atoms with Gasteiger partial charge >= 0.3 is 0 Å². The van der Waals surface area contributed by atoms with Gasteiger partial charge in [0.05, 0.1) is 11.4 Å². The highest BCUT2D eigenvalue weighted by atomic mass is 32.1. The first-order valence-corrected chi connectivity index (χ1v) is 11.0. The molecular formula is C23H29N3S. The summed E-state index contributed by atoms with van der Waals surface area (Å²) in [6.45, 7) is 11.8. The van der Waals surface area contributed by atoms with Gasteiger partial charge in [-0.3, -0.25) is 9.30 Å². The lowest BCUT2D eigenvalue weighted by atomic mass is 9.65. The van der Waals surface area contributed by atoms with Crippen LogP contribution in [0.1, 0.15) is 51.3 Å². The Morgan fingerprint density at radius 2 is 1.93 bits per heavy atom. The predicted molar refractivity (Wildman–Crippen MR) is 113 cm³/mol. The number of aromatic nitrogens is 2. The first-order chi connectivity index (χ1) is 12.8. The number of hydrogen-bond acceptors (Lipinski definition) is 3. The van der Waals surface area contributed by atoms with Crippen LogP contribution >= 0.6 is 11.3 Å². The second-order valence-electron chi connectivity index (χ2n) is 9.95. The van der Waals surface area contributed by atoms with Gasteiger partial charge in [0.15, 0.2) is 4.96 Å². The molecule has 0 amide bonds. The van der Waals surface area contributed by atoms with E-state index in [-0.39, 0.29) is 0 Å². The smallest absolute Gasteiger partial charge is 0.194 e. The number of rotatable bonds is 3. The van der Waals surface area contributed by atoms with Gasteiger partial charge in [-0.2, -0.15) is 0 Å². The molecule has 2 fully saturated rings. The van der Waals surface area contributed by atoms with Crippen LogP contribution in [0.5, 0.6) is 0 Å². The molecule has 2 aliphatic rings. The molecule has 2 atom stereocenters. The van der Waals surface area contributed by atoms with Crippen molar-refractivity contribution >= 4 is 16.3 Å². The molecule has 2 aromatic heterocycles. The standard InChI is InChI=1S/C23H29N3S/c1-16-5-7-17(8-6-16)20-19(26-9-10-27-21(26)24-20)13-25-15-23(4)12-18(25)11-22(2,3)14-23/h5-10,18H,11-15H2,1-4H3. The zero-order chi connectivity index (χ0) is 18.8. The number of nitrogens with zero attached hydrogens (tertiary/aromatic N) is 3. The molecule has 1 aliphatic heterocycles. The van der Waals surface area contributed by atoms with Crippen molar-refractivity contribution in [3.05, 3.63) is 47.1 Å². The number of hydrogen-bond donors (Lipinski definition) is 0. The van der Waals surface area contributed by atoms with E-state index in [1.54, 1.807) is 11.3 Å². The molecule has 27 heavy (non-hydrogen) atoms. The molecule has 4 heteroatoms. The van der Waals surface area contributed by atoms with E-state index in [4.69, 9.17) is 4.98 Å². The van der Waals surface area contributed by atoms with Crippen molar-refractivity contribution in [3.8, 4) is 11.3 Å². The maximum Gasteiger partial charge on any atom is 0.194 e. The van der Waals surface area contributed by atoms with E-state index in [9.17, 15) is 0 Å². The lowest BCUT2D eigenvalue weighted by molar-refractivity contribution is 0.126. The Morgan fingerprint density at radius 1 is 1.15 bits per heavy atom. The van der Waals surface area contributed by atoms with Crippen LogP contribution in [0.4, 0.5) is 0 Å². The van der Waals surface area contributed by atoms with Crippen molar-refractivity contribution in [1.29, 1.82) is 0 Å². The molecule has 1 aromatic carbocycles. The van der Waals surface area contributed by atoms with Gasteiger partial charge in [-0.25, -0.2) is 4.98 Å². The van der Waals surface area contributed by atoms with Crippen LogP contribution < -0.4 is 0 Å². The van der Waals surface area contributed by atoms with E-state index in [2.05, 4.69) is 72.8 Å². The lowest BCUT2D eigenvalue weighted by Gasteiger charge is -2.39. The van der Waals surface area contributed by atoms with Crippen molar-refractivity contribution in [3.63, 3.8) is 0 Å². The van der Waals surface area contributed by atoms with Gasteiger partial charge in [0.1, 0.15) is 0 Å². The summed E-state index contributed by atoms with van der Waals surface area (Å²) in [5.41, 5.74) is 5.97. The van der Waals surface area contributed by atoms with Crippen LogP contribution in [0.2, 0.25) is 0 Å². The minimum absolute atomic E-state index is 0.460. The predicted octanol–water partition coefficient (Wildman–Crippen LogP) is 5.77. The number of fused-ring (bicyclic) bond motifs is 3. The molecule has 1 saturated heterocycles. The van der Waals surface area contributed by atoms with Crippen molar-refractivity contribution in [2.45, 2.75) is 59.5 Å². The van der Waals surface area contributed by atoms with Crippen LogP contribution in [-0.2, 0) is 6.54 Å². The van der Waals surface area contributed by atoms with Gasteiger partial charge < -0.3 is 0 Å². The molecule has 3 nitrogen and oxygen atoms in total. The fourth-order valence-electron chi connectivity index (χ4n) is 5.88. The van der Waals surface area contributed by atoms with E-state index in [0.29, 0.717) is 16.9 Å². The average molecular weight is 380 g/mol. The van der Waals surface area contributed by atoms with E-state index in [1.165, 1.54) is 42.6 Å². The normalized spacial score (nSPS) is 27.5. The molecule has 1 saturated carbocycles. The Morgan fingerprint density at radius 3 is 2.70 bits per heavy atom. The van der Waals surface area contributed by atoms with E-state index in [1.807, 2.05) is 0 Å². The fraction of sp³-hybridized carbons (Fsp3) is 0.522. The summed E-state index contributed by atoms with van der Waals surface area (Å²) >= 11 is 1.73. The average Bonchev–Trinajstić information content (AvgIpc) is 3.21. The molecule has 5 rings (SSSR count). The molecule has 0 radical (unpaired) electrons. The Bertz CT molecular complexity index is 981. The summed E-state index contributed by atoms with van der Waals surface area (Å²) < 4.78 is 2.32. The van der Waals surface area contributed by atoms with Crippen LogP contribution in [0.25, 0.3) is 16.2 Å². The van der Waals surface area contributed by atoms with Crippen LogP contribution in [0.3, 0.4) is 0 Å². The zero-order valence-electron chi connectivity index (χ0n) is 16.8. The number of thiazole rings is 1. The minimum atomic E-state index is 0.460. The third kappa shape index (κ3) is 3.03. The number of benzene rings is 1. The minimum Gasteiger partial charge on any atom is -0.294 e. The molecule has 0 spiro atoms. The van der Waals surface area contributed by atoms with Crippen molar-refractivity contribution in [2.24, 2.45) is 10.8 Å². The third-order valence-electron chi connectivity index (χ3n) is 6.56. The molecular weight excluding hydrogens is 350 g/mol. The summed E-state index contributed by atoms with van der Waals surface area (Å²) in [4.78, 5) is 8.85. The van der Waals surface area contributed by atoms with Crippen molar-refractivity contribution < 1.29 is 0 Å². The van der Waals surface area contributed by atoms with Gasteiger partial charge in [-0.05, 0) is 37.0 Å². The Labute approximate surface area is 166 Å². The first-order valence-electron chi connectivity index (χ1n) is 10.1. The number of imidazole rings is 1. The highest BCUT2D eigenvalue weighted by Crippen LogP contribution is 2.53. The topological polar surface area (TPSA) is 20.5 Å². The maximum atomic E-state index is 5.00. The summed E-state index contributed by atoms with van der Waals surface area (Å²) in [5, 5.41) is 2.15. The summed E-state index contributed by atoms with van der Waals surface area (Å²) in [6.07, 6.45) is 6.20. The first kappa shape index (κ1) is 17.4. The second-order valence-corrected chi connectivity index (χ2v) is 10.8. The molecule has 2 bridgehead atoms. The Balaban J connectivity index is 1.53. The Kier molecular flexibility index (Phi) is 3.83. The third-order valence-corrected chi connectivity index (χ3v) is 7.32. The van der Waals surface area contributed by atoms with E-state index < -0.39 is 0 Å². The van der Waals surface area contributed by atoms with E-state index in [0.717, 1.165) is 17.2 Å². The van der Waals surface area contributed by atoms with Gasteiger partial charge in [0.25, 0.3) is 0 Å². The molecule has 0 N–H and O–H groups in total. The van der Waals surface area contributed by atoms with Crippen LogP contribution in [0, 0.1) is 17.8 Å². The fourth-order valence-corrected chi connectivity index (χ4v) is 6.61. The second kappa shape index (κ2) is 5.92. The van der Waals surface area contributed by atoms with Crippen molar-refractivity contribution in [1.82, 2.24) is 14.3 Å². The lowest BCUT2D eigenvalue weighted by Crippen LogP contribution is -2.34. The number of likely N-dealkylation sites (tertiary alicyclic amines) is 1. The quantitative estimate of drug-likeness (QED) is 0.576. The summed E-state index contributed by atoms with van der Waals surface area (Å²) in [6, 6.07) is 9.53. The van der Waals surface area contributed by atoms with Crippen molar-refractivity contribution in [2.75, 3.05) is 6.54 Å². The molecule has 142 valence electrons. The summed E-state index contributed by atoms with van der Waals surface area (Å²) in [7, 11) is 0. The van der Waals surface area contributed by atoms with Gasteiger partial charge in [-0.15, -0.1) is 11.3 Å². The van der Waals surface area contributed by atoms with Gasteiger partial charge in [0, 0.05) is 36.3 Å². The largest absolute Gasteiger partial charge is 0.294 e. The van der Waals surface area contributed by atoms with Crippen LogP contribution in [0.15, 0.2) is 35.8 Å². The zero-order valence-corrected chi connectivity index (χ0v) is 17.6. The SMILES string of the molecule is Cc1ccc(-c2nc3sccn3c2CN2CC3(C)CC2CC(C)(C)C3)cc1.